The van der Waals surface area contributed by atoms with Crippen molar-refractivity contribution in [3.8, 4) is 11.5 Å². The normalized spacial score (nSPS) is 12.0. The standard InChI is InChI=1S/C74H118N4O14S2/c1-7-13-15-17-19-21-23-25-27-29-31-33-35-37-39-41-69(81)91-63-47-43-61(44-48-63)55-71(83)87-51-53-89-73(85)65(75-67(79)57-77(9-3)10-4)59-93-94-60-66(76-68(80)58-78(11-5)12-6)74(86)90-54-52-88-72(84)56-62-45-49-64(50-46-62)92-70(82)42-40-38-36-34-32-30-28-26-24-22-20-18-16-14-8-2/h25-28,43-50,65-66H,7-24,29-42,51-60H2,1-6H3,(H,75,79)(H,76,80)/b27-25-,28-26-. The Bertz CT molecular complexity index is 2250. The largest absolute Gasteiger partial charge is 0.462 e. The summed E-state index contributed by atoms with van der Waals surface area (Å²) in [5.74, 6) is -3.20. The van der Waals surface area contributed by atoms with E-state index in [0.29, 0.717) is 61.6 Å². The molecular weight excluding hydrogens is 1230 g/mol. The summed E-state index contributed by atoms with van der Waals surface area (Å²) in [5, 5.41) is 5.51. The van der Waals surface area contributed by atoms with Crippen molar-refractivity contribution in [1.82, 2.24) is 20.4 Å². The van der Waals surface area contributed by atoms with E-state index in [9.17, 15) is 38.4 Å². The number of allylic oxidation sites excluding steroid dienone is 4. The lowest BCUT2D eigenvalue weighted by atomic mass is 10.1. The van der Waals surface area contributed by atoms with E-state index in [1.54, 1.807) is 48.5 Å². The van der Waals surface area contributed by atoms with Crippen LogP contribution >= 0.6 is 21.6 Å². The number of nitrogens with zero attached hydrogens (tertiary/aromatic N) is 2. The zero-order valence-corrected chi connectivity index (χ0v) is 59.8. The minimum Gasteiger partial charge on any atom is -0.462 e. The van der Waals surface area contributed by atoms with Crippen LogP contribution in [0.5, 0.6) is 11.5 Å². The summed E-state index contributed by atoms with van der Waals surface area (Å²) in [5.41, 5.74) is 1.28. The molecule has 0 radical (unpaired) electrons. The second kappa shape index (κ2) is 57.5. The van der Waals surface area contributed by atoms with Gasteiger partial charge in [-0.2, -0.15) is 0 Å². The molecule has 0 spiro atoms. The highest BCUT2D eigenvalue weighted by Gasteiger charge is 2.27. The Labute approximate surface area is 572 Å². The lowest BCUT2D eigenvalue weighted by Crippen LogP contribution is -2.48. The molecule has 0 aliphatic rings. The average Bonchev–Trinajstić information content (AvgIpc) is 1.17. The van der Waals surface area contributed by atoms with Gasteiger partial charge >= 0.3 is 35.8 Å². The van der Waals surface area contributed by atoms with E-state index in [-0.39, 0.29) is 75.8 Å². The molecule has 0 fully saturated rings. The average molecular weight is 1350 g/mol. The smallest absolute Gasteiger partial charge is 0.329 e. The minimum absolute atomic E-state index is 0.0212. The van der Waals surface area contributed by atoms with Gasteiger partial charge in [-0.05, 0) is 126 Å². The maximum atomic E-state index is 13.5. The van der Waals surface area contributed by atoms with Gasteiger partial charge in [-0.15, -0.1) is 0 Å². The van der Waals surface area contributed by atoms with E-state index >= 15 is 0 Å². The number of benzene rings is 2. The first kappa shape index (κ1) is 84.4. The maximum absolute atomic E-state index is 13.5. The second-order valence-electron chi connectivity index (χ2n) is 23.8. The molecule has 94 heavy (non-hydrogen) atoms. The van der Waals surface area contributed by atoms with Crippen LogP contribution in [0.3, 0.4) is 0 Å². The van der Waals surface area contributed by atoms with Gasteiger partial charge in [0.25, 0.3) is 0 Å². The van der Waals surface area contributed by atoms with Crippen molar-refractivity contribution in [3.63, 3.8) is 0 Å². The summed E-state index contributed by atoms with van der Waals surface area (Å²) in [6.07, 6.45) is 40.4. The minimum atomic E-state index is -1.12. The zero-order valence-electron chi connectivity index (χ0n) is 58.2. The molecule has 0 aliphatic carbocycles. The number of carbonyl (C=O) groups is 8. The van der Waals surface area contributed by atoms with Crippen molar-refractivity contribution in [1.29, 1.82) is 0 Å². The maximum Gasteiger partial charge on any atom is 0.329 e. The number of amides is 2. The number of hydrogen-bond acceptors (Lipinski definition) is 18. The fraction of sp³-hybridized carbons (Fsp3) is 0.676. The first-order chi connectivity index (χ1) is 45.7. The third-order valence-electron chi connectivity index (χ3n) is 15.8. The molecule has 0 saturated heterocycles. The van der Waals surface area contributed by atoms with Gasteiger partial charge in [0, 0.05) is 24.3 Å². The number of ether oxygens (including phenoxy) is 6. The number of unbranched alkanes of at least 4 members (excludes halogenated alkanes) is 22. The highest BCUT2D eigenvalue weighted by atomic mass is 33.1. The van der Waals surface area contributed by atoms with Gasteiger partial charge < -0.3 is 39.1 Å². The molecule has 0 aromatic heterocycles. The van der Waals surface area contributed by atoms with Crippen molar-refractivity contribution in [2.24, 2.45) is 0 Å². The van der Waals surface area contributed by atoms with Crippen LogP contribution in [0, 0.1) is 0 Å². The van der Waals surface area contributed by atoms with Gasteiger partial charge in [0.05, 0.1) is 25.9 Å². The van der Waals surface area contributed by atoms with E-state index in [2.05, 4.69) is 48.8 Å². The Morgan fingerprint density at radius 1 is 0.383 bits per heavy atom. The van der Waals surface area contributed by atoms with Crippen molar-refractivity contribution < 1.29 is 66.8 Å². The quantitative estimate of drug-likeness (QED) is 0.0157. The summed E-state index contributed by atoms with van der Waals surface area (Å²) < 4.78 is 32.7. The molecule has 0 bridgehead atoms. The molecule has 2 rings (SSSR count). The summed E-state index contributed by atoms with van der Waals surface area (Å²) >= 11 is 0. The molecule has 2 atom stereocenters. The monoisotopic (exact) mass is 1350 g/mol. The third-order valence-corrected chi connectivity index (χ3v) is 18.2. The zero-order chi connectivity index (χ0) is 68.5. The lowest BCUT2D eigenvalue weighted by molar-refractivity contribution is -0.153. The SMILES string of the molecule is CCCCCCCC/C=C\CCCCCCCC(=O)Oc1ccc(CC(=O)OCCOC(=O)C(CSSCC(NC(=O)CN(CC)CC)C(=O)OCCOC(=O)Cc2ccc(OC(=O)CCCCCCC/C=C\CCCCCCCC)cc2)NC(=O)CN(CC)CC)cc1. The number of hydrogen-bond donors (Lipinski definition) is 2. The van der Waals surface area contributed by atoms with Gasteiger partial charge in [0.15, 0.2) is 0 Å². The Morgan fingerprint density at radius 2 is 0.681 bits per heavy atom. The molecule has 530 valence electrons. The molecule has 2 amide bonds. The van der Waals surface area contributed by atoms with Gasteiger partial charge in [0.2, 0.25) is 11.8 Å². The van der Waals surface area contributed by atoms with Crippen molar-refractivity contribution >= 4 is 69.2 Å². The highest BCUT2D eigenvalue weighted by Crippen LogP contribution is 2.25. The first-order valence-corrected chi connectivity index (χ1v) is 38.0. The Morgan fingerprint density at radius 3 is 1.00 bits per heavy atom. The van der Waals surface area contributed by atoms with Crippen LogP contribution in [0.15, 0.2) is 72.8 Å². The molecule has 0 heterocycles. The number of nitrogens with one attached hydrogen (secondary N) is 2. The molecule has 20 heteroatoms. The van der Waals surface area contributed by atoms with E-state index in [1.165, 1.54) is 111 Å². The summed E-state index contributed by atoms with van der Waals surface area (Å²) in [4.78, 5) is 108. The molecule has 0 saturated carbocycles. The van der Waals surface area contributed by atoms with E-state index in [1.807, 2.05) is 37.5 Å². The predicted molar refractivity (Wildman–Crippen MR) is 379 cm³/mol. The number of esters is 6. The van der Waals surface area contributed by atoms with Crippen molar-refractivity contribution in [2.45, 2.75) is 246 Å². The molecule has 18 nitrogen and oxygen atoms in total. The molecule has 0 aliphatic heterocycles. The fourth-order valence-corrected chi connectivity index (χ4v) is 12.3. The third kappa shape index (κ3) is 45.6. The molecule has 2 unspecified atom stereocenters. The van der Waals surface area contributed by atoms with Gasteiger partial charge in [-0.25, -0.2) is 9.59 Å². The van der Waals surface area contributed by atoms with Gasteiger partial charge in [0.1, 0.15) is 50.0 Å². The number of carbonyl (C=O) groups excluding carboxylic acids is 8. The number of likely N-dealkylation sites (N-methyl/N-ethyl adjacent to an activating group) is 2. The summed E-state index contributed by atoms with van der Waals surface area (Å²) in [6, 6.07) is 11.1. The van der Waals surface area contributed by atoms with Crippen LogP contribution < -0.4 is 20.1 Å². The lowest BCUT2D eigenvalue weighted by Gasteiger charge is -2.22. The highest BCUT2D eigenvalue weighted by molar-refractivity contribution is 8.76. The van der Waals surface area contributed by atoms with E-state index in [0.717, 1.165) is 77.0 Å². The van der Waals surface area contributed by atoms with Crippen LogP contribution in [0.25, 0.3) is 0 Å². The Hall–Kier alpha value is -5.70. The Balaban J connectivity index is 1.79. The number of rotatable bonds is 59. The summed E-state index contributed by atoms with van der Waals surface area (Å²) in [6.45, 7) is 13.7. The molecule has 2 aromatic rings. The van der Waals surface area contributed by atoms with Crippen LogP contribution in [0.1, 0.15) is 232 Å². The summed E-state index contributed by atoms with van der Waals surface area (Å²) in [7, 11) is 2.34. The van der Waals surface area contributed by atoms with Crippen LogP contribution in [-0.2, 0) is 70.1 Å². The topological polar surface area (TPSA) is 222 Å². The van der Waals surface area contributed by atoms with E-state index in [4.69, 9.17) is 28.4 Å². The fourth-order valence-electron chi connectivity index (χ4n) is 9.98. The van der Waals surface area contributed by atoms with Crippen molar-refractivity contribution in [2.75, 3.05) is 77.2 Å². The van der Waals surface area contributed by atoms with E-state index < -0.39 is 47.8 Å². The molecule has 2 N–H and O–H groups in total. The Kier molecular flexibility index (Phi) is 51.7. The predicted octanol–water partition coefficient (Wildman–Crippen LogP) is 14.6. The van der Waals surface area contributed by atoms with Crippen LogP contribution in [0.4, 0.5) is 0 Å². The van der Waals surface area contributed by atoms with Crippen LogP contribution in [0.2, 0.25) is 0 Å². The van der Waals surface area contributed by atoms with Crippen LogP contribution in [-0.4, -0.2) is 147 Å². The van der Waals surface area contributed by atoms with Gasteiger partial charge in [-0.1, -0.05) is 214 Å². The first-order valence-electron chi connectivity index (χ1n) is 35.5. The van der Waals surface area contributed by atoms with Gasteiger partial charge in [-0.3, -0.25) is 38.6 Å². The second-order valence-corrected chi connectivity index (χ2v) is 26.3. The molecular formula is C74H118N4O14S2. The van der Waals surface area contributed by atoms with Crippen molar-refractivity contribution in [3.05, 3.63) is 84.0 Å². The molecule has 2 aromatic carbocycles.